The Balaban J connectivity index is 2.31. The maximum atomic E-state index is 14.2. The van der Waals surface area contributed by atoms with E-state index in [0.29, 0.717) is 16.7 Å². The molecule has 2 rings (SSSR count). The molecular weight excluding hydrogens is 497 g/mol. The SMILES string of the molecule is C#Cc1ccc(-c2ccc(OC(=O)C(F)(OC(F)(F)C(F)(F)C(F)(F)F)C(F)(F)F)cc2)cc1. The molecule has 0 bridgehead atoms. The van der Waals surface area contributed by atoms with Crippen LogP contribution in [0, 0.1) is 12.3 Å². The summed E-state index contributed by atoms with van der Waals surface area (Å²) in [6.45, 7) is 0. The summed E-state index contributed by atoms with van der Waals surface area (Å²) in [6, 6.07) is 9.88. The van der Waals surface area contributed by atoms with E-state index in [0.717, 1.165) is 24.3 Å². The van der Waals surface area contributed by atoms with Gasteiger partial charge in [0.1, 0.15) is 5.75 Å². The lowest BCUT2D eigenvalue weighted by molar-refractivity contribution is -0.474. The minimum atomic E-state index is -7.29. The van der Waals surface area contributed by atoms with Crippen LogP contribution < -0.4 is 4.74 Å². The van der Waals surface area contributed by atoms with E-state index < -0.39 is 42.0 Å². The Kier molecular flexibility index (Phi) is 6.95. The fourth-order valence-electron chi connectivity index (χ4n) is 2.27. The molecular formula is C20H9F11O3. The van der Waals surface area contributed by atoms with Crippen molar-refractivity contribution < 1.29 is 62.6 Å². The zero-order valence-corrected chi connectivity index (χ0v) is 16.1. The first-order chi connectivity index (χ1) is 15.4. The molecule has 0 aliphatic carbocycles. The first kappa shape index (κ1) is 26.9. The van der Waals surface area contributed by atoms with E-state index in [1.165, 1.54) is 24.3 Å². The fourth-order valence-corrected chi connectivity index (χ4v) is 2.27. The number of terminal acetylenes is 1. The second-order valence-electron chi connectivity index (χ2n) is 6.42. The van der Waals surface area contributed by atoms with Crippen LogP contribution in [0.15, 0.2) is 48.5 Å². The van der Waals surface area contributed by atoms with Crippen LogP contribution in [0.3, 0.4) is 0 Å². The highest BCUT2D eigenvalue weighted by Crippen LogP contribution is 2.51. The molecule has 2 aromatic carbocycles. The maximum Gasteiger partial charge on any atom is 0.462 e. The number of carbonyl (C=O) groups is 1. The van der Waals surface area contributed by atoms with Gasteiger partial charge in [-0.05, 0) is 35.4 Å². The Morgan fingerprint density at radius 1 is 0.706 bits per heavy atom. The molecule has 0 aliphatic heterocycles. The van der Waals surface area contributed by atoms with E-state index in [4.69, 9.17) is 6.42 Å². The number of benzene rings is 2. The summed E-state index contributed by atoms with van der Waals surface area (Å²) in [7, 11) is 0. The van der Waals surface area contributed by atoms with Gasteiger partial charge >= 0.3 is 36.2 Å². The molecule has 0 amide bonds. The van der Waals surface area contributed by atoms with Crippen molar-refractivity contribution in [1.29, 1.82) is 0 Å². The molecule has 1 unspecified atom stereocenters. The maximum absolute atomic E-state index is 14.2. The van der Waals surface area contributed by atoms with E-state index in [1.807, 2.05) is 0 Å². The first-order valence-corrected chi connectivity index (χ1v) is 8.53. The average molecular weight is 506 g/mol. The summed E-state index contributed by atoms with van der Waals surface area (Å²) in [5, 5.41) is 0. The minimum absolute atomic E-state index is 0.360. The predicted octanol–water partition coefficient (Wildman–Crippen LogP) is 6.28. The molecule has 0 aliphatic rings. The second-order valence-corrected chi connectivity index (χ2v) is 6.42. The van der Waals surface area contributed by atoms with E-state index in [-0.39, 0.29) is 0 Å². The molecule has 0 spiro atoms. The molecule has 14 heteroatoms. The molecule has 0 saturated heterocycles. The highest BCUT2D eigenvalue weighted by atomic mass is 19.4. The van der Waals surface area contributed by atoms with Gasteiger partial charge in [-0.15, -0.1) is 6.42 Å². The largest absolute Gasteiger partial charge is 0.462 e. The van der Waals surface area contributed by atoms with Gasteiger partial charge < -0.3 is 4.74 Å². The molecule has 2 aromatic rings. The van der Waals surface area contributed by atoms with Crippen molar-refractivity contribution in [2.45, 2.75) is 30.2 Å². The number of halogens is 11. The Labute approximate surface area is 183 Å². The minimum Gasteiger partial charge on any atom is -0.422 e. The number of hydrogen-bond donors (Lipinski definition) is 0. The highest BCUT2D eigenvalue weighted by Gasteiger charge is 2.80. The molecule has 0 N–H and O–H groups in total. The number of ether oxygens (including phenoxy) is 2. The standard InChI is InChI=1S/C20H9F11O3/c1-2-11-3-5-12(6-4-11)13-7-9-14(10-8-13)33-15(32)16(21,18(24,25)26)34-20(30,31)17(22,23)19(27,28)29/h1,3-10H. The average Bonchev–Trinajstić information content (AvgIpc) is 2.72. The quantitative estimate of drug-likeness (QED) is 0.201. The molecule has 3 nitrogen and oxygen atoms in total. The van der Waals surface area contributed by atoms with E-state index in [9.17, 15) is 53.1 Å². The van der Waals surface area contributed by atoms with Gasteiger partial charge in [0, 0.05) is 5.56 Å². The highest BCUT2D eigenvalue weighted by molar-refractivity contribution is 5.81. The van der Waals surface area contributed by atoms with Gasteiger partial charge in [0.15, 0.2) is 0 Å². The van der Waals surface area contributed by atoms with Gasteiger partial charge in [0.05, 0.1) is 0 Å². The third-order valence-corrected chi connectivity index (χ3v) is 4.07. The Bertz CT molecular complexity index is 1070. The normalized spacial score (nSPS) is 14.8. The summed E-state index contributed by atoms with van der Waals surface area (Å²) >= 11 is 0. The summed E-state index contributed by atoms with van der Waals surface area (Å²) in [6.07, 6.45) is -16.0. The smallest absolute Gasteiger partial charge is 0.422 e. The third kappa shape index (κ3) is 5.09. The molecule has 0 radical (unpaired) electrons. The lowest BCUT2D eigenvalue weighted by atomic mass is 10.0. The van der Waals surface area contributed by atoms with Crippen LogP contribution in [0.5, 0.6) is 5.75 Å². The number of hydrogen-bond acceptors (Lipinski definition) is 3. The number of esters is 1. The monoisotopic (exact) mass is 506 g/mol. The molecule has 184 valence electrons. The van der Waals surface area contributed by atoms with Crippen molar-refractivity contribution in [2.75, 3.05) is 0 Å². The van der Waals surface area contributed by atoms with Crippen LogP contribution in [0.1, 0.15) is 5.56 Å². The van der Waals surface area contributed by atoms with Crippen molar-refractivity contribution in [3.8, 4) is 29.2 Å². The lowest BCUT2D eigenvalue weighted by Gasteiger charge is -2.33. The van der Waals surface area contributed by atoms with Gasteiger partial charge in [0.2, 0.25) is 0 Å². The van der Waals surface area contributed by atoms with Crippen molar-refractivity contribution in [3.05, 3.63) is 54.1 Å². The van der Waals surface area contributed by atoms with Gasteiger partial charge in [-0.25, -0.2) is 4.79 Å². The Morgan fingerprint density at radius 2 is 1.15 bits per heavy atom. The third-order valence-electron chi connectivity index (χ3n) is 4.07. The zero-order valence-electron chi connectivity index (χ0n) is 16.1. The van der Waals surface area contributed by atoms with Crippen LogP contribution in [0.2, 0.25) is 0 Å². The molecule has 34 heavy (non-hydrogen) atoms. The summed E-state index contributed by atoms with van der Waals surface area (Å²) < 4.78 is 148. The Morgan fingerprint density at radius 3 is 1.53 bits per heavy atom. The molecule has 1 atom stereocenters. The van der Waals surface area contributed by atoms with Gasteiger partial charge in [-0.2, -0.15) is 48.3 Å². The van der Waals surface area contributed by atoms with Crippen LogP contribution in [-0.2, 0) is 9.53 Å². The Hall–Kier alpha value is -3.34. The van der Waals surface area contributed by atoms with Crippen LogP contribution in [-0.4, -0.2) is 36.2 Å². The van der Waals surface area contributed by atoms with E-state index in [1.54, 1.807) is 0 Å². The second kappa shape index (κ2) is 8.79. The van der Waals surface area contributed by atoms with Gasteiger partial charge in [-0.1, -0.05) is 30.2 Å². The van der Waals surface area contributed by atoms with Crippen molar-refractivity contribution in [2.24, 2.45) is 0 Å². The topological polar surface area (TPSA) is 35.5 Å². The van der Waals surface area contributed by atoms with Crippen molar-refractivity contribution in [3.63, 3.8) is 0 Å². The van der Waals surface area contributed by atoms with E-state index >= 15 is 0 Å². The van der Waals surface area contributed by atoms with Crippen molar-refractivity contribution >= 4 is 5.97 Å². The summed E-state index contributed by atoms with van der Waals surface area (Å²) in [5.74, 6) is -15.6. The molecule has 0 aromatic heterocycles. The number of rotatable bonds is 6. The molecule has 0 fully saturated rings. The fraction of sp³-hybridized carbons (Fsp3) is 0.250. The summed E-state index contributed by atoms with van der Waals surface area (Å²) in [5.41, 5.74) is 1.37. The van der Waals surface area contributed by atoms with Gasteiger partial charge in [0.25, 0.3) is 0 Å². The zero-order chi connectivity index (χ0) is 26.2. The first-order valence-electron chi connectivity index (χ1n) is 8.53. The number of alkyl halides is 11. The summed E-state index contributed by atoms with van der Waals surface area (Å²) in [4.78, 5) is 11.6. The van der Waals surface area contributed by atoms with Crippen molar-refractivity contribution in [1.82, 2.24) is 0 Å². The molecule has 0 heterocycles. The van der Waals surface area contributed by atoms with Gasteiger partial charge in [-0.3, -0.25) is 4.74 Å². The lowest BCUT2D eigenvalue weighted by Crippen LogP contribution is -2.62. The molecule has 0 saturated carbocycles. The predicted molar refractivity (Wildman–Crippen MR) is 92.4 cm³/mol. The van der Waals surface area contributed by atoms with E-state index in [2.05, 4.69) is 15.4 Å². The van der Waals surface area contributed by atoms with Crippen LogP contribution in [0.4, 0.5) is 48.3 Å². The van der Waals surface area contributed by atoms with Crippen LogP contribution in [0.25, 0.3) is 11.1 Å². The number of carbonyl (C=O) groups excluding carboxylic acids is 1. The van der Waals surface area contributed by atoms with Crippen LogP contribution >= 0.6 is 0 Å².